The Morgan fingerprint density at radius 2 is 1.82 bits per heavy atom. The van der Waals surface area contributed by atoms with Crippen molar-refractivity contribution in [1.82, 2.24) is 4.31 Å². The lowest BCUT2D eigenvalue weighted by Crippen LogP contribution is -2.34. The average Bonchev–Trinajstić information content (AvgIpc) is 2.34. The first-order valence-electron chi connectivity index (χ1n) is 3.72. The van der Waals surface area contributed by atoms with Crippen LogP contribution in [0.15, 0.2) is 0 Å². The quantitative estimate of drug-likeness (QED) is 0.634. The van der Waals surface area contributed by atoms with Gasteiger partial charge < -0.3 is 0 Å². The minimum Gasteiger partial charge on any atom is -0.273 e. The summed E-state index contributed by atoms with van der Waals surface area (Å²) in [7, 11) is -2.53. The van der Waals surface area contributed by atoms with Gasteiger partial charge in [0, 0.05) is 13.1 Å². The van der Waals surface area contributed by atoms with Crippen molar-refractivity contribution in [3.8, 4) is 0 Å². The van der Waals surface area contributed by atoms with Gasteiger partial charge in [0.05, 0.1) is 0 Å². The summed E-state index contributed by atoms with van der Waals surface area (Å²) in [4.78, 5) is 0. The van der Waals surface area contributed by atoms with E-state index >= 15 is 0 Å². The predicted molar refractivity (Wildman–Crippen MR) is 41.6 cm³/mol. The van der Waals surface area contributed by atoms with Gasteiger partial charge in [0.25, 0.3) is 0 Å². The Morgan fingerprint density at radius 1 is 1.36 bits per heavy atom. The maximum absolute atomic E-state index is 10.6. The van der Waals surface area contributed by atoms with Gasteiger partial charge in [-0.05, 0) is 12.8 Å². The predicted octanol–water partition coefficient (Wildman–Crippen LogP) is 0.664. The summed E-state index contributed by atoms with van der Waals surface area (Å²) in [6, 6.07) is 0.0185. The molecule has 0 amide bonds. The molecule has 0 unspecified atom stereocenters. The molecule has 1 saturated carbocycles. The van der Waals surface area contributed by atoms with Gasteiger partial charge in [0.1, 0.15) is 0 Å². The summed E-state index contributed by atoms with van der Waals surface area (Å²) in [5.74, 6) is 0. The van der Waals surface area contributed by atoms with E-state index in [4.69, 9.17) is 4.55 Å². The number of hydrogen-bond donors (Lipinski definition) is 1. The van der Waals surface area contributed by atoms with Crippen LogP contribution < -0.4 is 0 Å². The second-order valence-electron chi connectivity index (χ2n) is 2.93. The lowest BCUT2D eigenvalue weighted by atomic mass is 10.3. The van der Waals surface area contributed by atoms with Crippen LogP contribution in [0, 0.1) is 0 Å². The van der Waals surface area contributed by atoms with E-state index < -0.39 is 10.3 Å². The van der Waals surface area contributed by atoms with Crippen LogP contribution in [0.3, 0.4) is 0 Å². The molecule has 0 radical (unpaired) electrons. The molecular formula is C6H13NO3S. The molecule has 66 valence electrons. The smallest absolute Gasteiger partial charge is 0.273 e. The summed E-state index contributed by atoms with van der Waals surface area (Å²) < 4.78 is 30.9. The number of rotatable bonds is 2. The standard InChI is InChI=1S/C6H13NO3S/c1-7(11(8,9)10)6-4-2-3-5-6/h6H,2-5H2,1H3,(H,8,9,10). The molecule has 0 spiro atoms. The summed E-state index contributed by atoms with van der Waals surface area (Å²) in [5.41, 5.74) is 0. The third-order valence-corrected chi connectivity index (χ3v) is 3.23. The van der Waals surface area contributed by atoms with E-state index in [1.165, 1.54) is 7.05 Å². The normalized spacial score (nSPS) is 21.4. The van der Waals surface area contributed by atoms with Gasteiger partial charge in [-0.3, -0.25) is 4.55 Å². The fraction of sp³-hybridized carbons (Fsp3) is 1.00. The molecular weight excluding hydrogens is 166 g/mol. The molecule has 0 bridgehead atoms. The first-order valence-corrected chi connectivity index (χ1v) is 5.12. The van der Waals surface area contributed by atoms with E-state index in [0.29, 0.717) is 0 Å². The van der Waals surface area contributed by atoms with Crippen LogP contribution in [0.5, 0.6) is 0 Å². The lowest BCUT2D eigenvalue weighted by Gasteiger charge is -2.19. The van der Waals surface area contributed by atoms with E-state index in [1.807, 2.05) is 0 Å². The first-order chi connectivity index (χ1) is 5.02. The monoisotopic (exact) mass is 179 g/mol. The molecule has 1 rings (SSSR count). The molecule has 0 atom stereocenters. The molecule has 1 aliphatic rings. The van der Waals surface area contributed by atoms with Gasteiger partial charge in [-0.2, -0.15) is 12.7 Å². The topological polar surface area (TPSA) is 57.6 Å². The van der Waals surface area contributed by atoms with Crippen LogP contribution in [-0.4, -0.2) is 30.4 Å². The first kappa shape index (κ1) is 8.96. The molecule has 1 N–H and O–H groups in total. The van der Waals surface area contributed by atoms with Gasteiger partial charge in [0.15, 0.2) is 0 Å². The third kappa shape index (κ3) is 2.15. The van der Waals surface area contributed by atoms with E-state index in [-0.39, 0.29) is 6.04 Å². The molecule has 0 aromatic heterocycles. The van der Waals surface area contributed by atoms with E-state index in [1.54, 1.807) is 0 Å². The highest BCUT2D eigenvalue weighted by Crippen LogP contribution is 2.23. The minimum absolute atomic E-state index is 0.0185. The fourth-order valence-corrected chi connectivity index (χ4v) is 2.04. The largest absolute Gasteiger partial charge is 0.335 e. The van der Waals surface area contributed by atoms with Crippen molar-refractivity contribution < 1.29 is 13.0 Å². The molecule has 0 saturated heterocycles. The molecule has 0 aromatic rings. The maximum atomic E-state index is 10.6. The van der Waals surface area contributed by atoms with Gasteiger partial charge >= 0.3 is 10.3 Å². The van der Waals surface area contributed by atoms with Crippen molar-refractivity contribution in [3.05, 3.63) is 0 Å². The van der Waals surface area contributed by atoms with Crippen molar-refractivity contribution in [2.24, 2.45) is 0 Å². The maximum Gasteiger partial charge on any atom is 0.335 e. The second kappa shape index (κ2) is 3.08. The Morgan fingerprint density at radius 3 is 2.18 bits per heavy atom. The Bertz CT molecular complexity index is 218. The second-order valence-corrected chi connectivity index (χ2v) is 4.40. The zero-order valence-electron chi connectivity index (χ0n) is 6.52. The molecule has 11 heavy (non-hydrogen) atoms. The SMILES string of the molecule is CN(C1CCCC1)S(=O)(=O)O. The van der Waals surface area contributed by atoms with E-state index in [2.05, 4.69) is 0 Å². The van der Waals surface area contributed by atoms with Crippen molar-refractivity contribution in [1.29, 1.82) is 0 Å². The van der Waals surface area contributed by atoms with Crippen LogP contribution in [0.1, 0.15) is 25.7 Å². The average molecular weight is 179 g/mol. The minimum atomic E-state index is -3.95. The van der Waals surface area contributed by atoms with Gasteiger partial charge in [-0.15, -0.1) is 0 Å². The van der Waals surface area contributed by atoms with Gasteiger partial charge in [0.2, 0.25) is 0 Å². The van der Waals surface area contributed by atoms with Crippen molar-refractivity contribution in [2.45, 2.75) is 31.7 Å². The molecule has 4 nitrogen and oxygen atoms in total. The molecule has 0 aliphatic heterocycles. The highest BCUT2D eigenvalue weighted by atomic mass is 32.2. The zero-order valence-corrected chi connectivity index (χ0v) is 7.34. The highest BCUT2D eigenvalue weighted by Gasteiger charge is 2.26. The Balaban J connectivity index is 2.60. The van der Waals surface area contributed by atoms with Crippen LogP contribution >= 0.6 is 0 Å². The Labute approximate surface area is 67.1 Å². The summed E-state index contributed by atoms with van der Waals surface area (Å²) in [5, 5.41) is 0. The molecule has 0 heterocycles. The van der Waals surface area contributed by atoms with Crippen LogP contribution in [0.4, 0.5) is 0 Å². The van der Waals surface area contributed by atoms with E-state index in [0.717, 1.165) is 30.0 Å². The number of nitrogens with zero attached hydrogens (tertiary/aromatic N) is 1. The van der Waals surface area contributed by atoms with Crippen molar-refractivity contribution in [2.75, 3.05) is 7.05 Å². The molecule has 1 fully saturated rings. The molecule has 1 aliphatic carbocycles. The zero-order chi connectivity index (χ0) is 8.48. The summed E-state index contributed by atoms with van der Waals surface area (Å²) >= 11 is 0. The Hall–Kier alpha value is -0.130. The Kier molecular flexibility index (Phi) is 2.51. The van der Waals surface area contributed by atoms with Crippen molar-refractivity contribution >= 4 is 10.3 Å². The van der Waals surface area contributed by atoms with Crippen LogP contribution in [0.2, 0.25) is 0 Å². The third-order valence-electron chi connectivity index (χ3n) is 2.20. The van der Waals surface area contributed by atoms with Gasteiger partial charge in [-0.1, -0.05) is 12.8 Å². The number of hydrogen-bond acceptors (Lipinski definition) is 2. The van der Waals surface area contributed by atoms with E-state index in [9.17, 15) is 8.42 Å². The molecule has 5 heteroatoms. The van der Waals surface area contributed by atoms with Crippen molar-refractivity contribution in [3.63, 3.8) is 0 Å². The van der Waals surface area contributed by atoms with Gasteiger partial charge in [-0.25, -0.2) is 0 Å². The fourth-order valence-electron chi connectivity index (χ4n) is 1.46. The summed E-state index contributed by atoms with van der Waals surface area (Å²) in [6.07, 6.45) is 3.86. The molecule has 0 aromatic carbocycles. The highest BCUT2D eigenvalue weighted by molar-refractivity contribution is 7.83. The summed E-state index contributed by atoms with van der Waals surface area (Å²) in [6.45, 7) is 0. The van der Waals surface area contributed by atoms with Crippen LogP contribution in [0.25, 0.3) is 0 Å². The van der Waals surface area contributed by atoms with Crippen LogP contribution in [-0.2, 0) is 10.3 Å². The lowest BCUT2D eigenvalue weighted by molar-refractivity contribution is 0.326.